The van der Waals surface area contributed by atoms with Gasteiger partial charge in [-0.1, -0.05) is 12.1 Å². The molecule has 1 aliphatic rings. The van der Waals surface area contributed by atoms with Crippen molar-refractivity contribution in [2.45, 2.75) is 12.7 Å². The third-order valence-electron chi connectivity index (χ3n) is 3.66. The average molecular weight is 376 g/mol. The number of carbonyl (C=O) groups is 1. The number of hydrogen-bond donors (Lipinski definition) is 0. The largest absolute Gasteiger partial charge is 0.481 e. The van der Waals surface area contributed by atoms with E-state index in [1.165, 1.54) is 20.3 Å². The van der Waals surface area contributed by atoms with E-state index >= 15 is 0 Å². The highest BCUT2D eigenvalue weighted by molar-refractivity contribution is 5.92. The molecule has 1 aliphatic heterocycles. The van der Waals surface area contributed by atoms with Crippen molar-refractivity contribution in [3.8, 4) is 23.5 Å². The van der Waals surface area contributed by atoms with E-state index in [0.717, 1.165) is 0 Å². The molecular weight excluding hydrogens is 356 g/mol. The Labute approximate surface area is 156 Å². The Morgan fingerprint density at radius 1 is 1.11 bits per heavy atom. The van der Waals surface area contributed by atoms with E-state index in [4.69, 9.17) is 28.4 Å². The van der Waals surface area contributed by atoms with Crippen LogP contribution < -0.4 is 14.2 Å². The molecule has 1 aromatic carbocycles. The molecule has 0 saturated carbocycles. The topological polar surface area (TPSA) is 98.2 Å². The maximum absolute atomic E-state index is 12.4. The molecule has 144 valence electrons. The molecule has 0 atom stereocenters. The van der Waals surface area contributed by atoms with Crippen LogP contribution in [-0.2, 0) is 14.2 Å². The van der Waals surface area contributed by atoms with E-state index < -0.39 is 5.97 Å². The monoisotopic (exact) mass is 376 g/mol. The van der Waals surface area contributed by atoms with Gasteiger partial charge in [0.15, 0.2) is 6.29 Å². The highest BCUT2D eigenvalue weighted by Gasteiger charge is 2.19. The molecule has 9 heteroatoms. The number of benzene rings is 1. The van der Waals surface area contributed by atoms with Crippen molar-refractivity contribution in [2.24, 2.45) is 0 Å². The molecule has 0 radical (unpaired) electrons. The maximum Gasteiger partial charge on any atom is 0.341 e. The van der Waals surface area contributed by atoms with E-state index in [1.54, 1.807) is 24.3 Å². The lowest BCUT2D eigenvalue weighted by molar-refractivity contribution is -0.0573. The van der Waals surface area contributed by atoms with Crippen molar-refractivity contribution < 1.29 is 33.2 Å². The maximum atomic E-state index is 12.4. The number of aromatic nitrogens is 2. The van der Waals surface area contributed by atoms with Gasteiger partial charge in [0, 0.05) is 6.42 Å². The lowest BCUT2D eigenvalue weighted by Gasteiger charge is -2.12. The van der Waals surface area contributed by atoms with Gasteiger partial charge in [0.1, 0.15) is 11.3 Å². The smallest absolute Gasteiger partial charge is 0.341 e. The molecule has 9 nitrogen and oxygen atoms in total. The highest BCUT2D eigenvalue weighted by Crippen LogP contribution is 2.27. The van der Waals surface area contributed by atoms with Gasteiger partial charge >= 0.3 is 12.0 Å². The molecule has 2 heterocycles. The Bertz CT molecular complexity index is 756. The fraction of sp³-hybridized carbons (Fsp3) is 0.389. The molecule has 1 saturated heterocycles. The van der Waals surface area contributed by atoms with E-state index in [-0.39, 0.29) is 42.0 Å². The summed E-state index contributed by atoms with van der Waals surface area (Å²) >= 11 is 0. The highest BCUT2D eigenvalue weighted by atomic mass is 16.7. The Morgan fingerprint density at radius 2 is 1.78 bits per heavy atom. The van der Waals surface area contributed by atoms with Gasteiger partial charge in [-0.2, -0.15) is 9.97 Å². The predicted molar refractivity (Wildman–Crippen MR) is 92.2 cm³/mol. The van der Waals surface area contributed by atoms with Gasteiger partial charge in [0.05, 0.1) is 40.1 Å². The lowest BCUT2D eigenvalue weighted by Crippen LogP contribution is -2.14. The number of hydrogen-bond acceptors (Lipinski definition) is 9. The first-order valence-corrected chi connectivity index (χ1v) is 8.34. The van der Waals surface area contributed by atoms with Crippen LogP contribution >= 0.6 is 0 Å². The molecule has 2 aromatic rings. The number of ether oxygens (including phenoxy) is 6. The summed E-state index contributed by atoms with van der Waals surface area (Å²) in [4.78, 5) is 20.6. The first kappa shape index (κ1) is 18.9. The Balaban J connectivity index is 1.69. The summed E-state index contributed by atoms with van der Waals surface area (Å²) in [5.74, 6) is 0.270. The van der Waals surface area contributed by atoms with Crippen LogP contribution in [0, 0.1) is 0 Å². The first-order chi connectivity index (χ1) is 13.2. The summed E-state index contributed by atoms with van der Waals surface area (Å²) in [5.41, 5.74) is 0.246. The summed E-state index contributed by atoms with van der Waals surface area (Å²) in [5, 5.41) is 0. The third-order valence-corrected chi connectivity index (χ3v) is 3.66. The Hall–Kier alpha value is -2.91. The number of esters is 1. The number of rotatable bonds is 8. The zero-order valence-electron chi connectivity index (χ0n) is 15.0. The van der Waals surface area contributed by atoms with Crippen LogP contribution in [0.1, 0.15) is 16.8 Å². The van der Waals surface area contributed by atoms with Gasteiger partial charge in [0.2, 0.25) is 11.8 Å². The van der Waals surface area contributed by atoms with Crippen LogP contribution in [0.5, 0.6) is 23.5 Å². The van der Waals surface area contributed by atoms with Gasteiger partial charge in [-0.25, -0.2) is 4.79 Å². The van der Waals surface area contributed by atoms with Gasteiger partial charge in [0.25, 0.3) is 0 Å². The van der Waals surface area contributed by atoms with Gasteiger partial charge < -0.3 is 28.4 Å². The second-order valence-electron chi connectivity index (χ2n) is 5.43. The second kappa shape index (κ2) is 9.15. The van der Waals surface area contributed by atoms with E-state index in [0.29, 0.717) is 19.6 Å². The molecule has 3 rings (SSSR count). The van der Waals surface area contributed by atoms with Gasteiger partial charge in [-0.3, -0.25) is 0 Å². The predicted octanol–water partition coefficient (Wildman–Crippen LogP) is 2.21. The molecule has 0 amide bonds. The molecule has 27 heavy (non-hydrogen) atoms. The van der Waals surface area contributed by atoms with Crippen LogP contribution in [0.15, 0.2) is 30.3 Å². The van der Waals surface area contributed by atoms with E-state index in [1.807, 2.05) is 0 Å². The molecule has 1 fully saturated rings. The minimum absolute atomic E-state index is 0.0146. The zero-order valence-corrected chi connectivity index (χ0v) is 15.0. The molecule has 0 bridgehead atoms. The second-order valence-corrected chi connectivity index (χ2v) is 5.43. The van der Waals surface area contributed by atoms with E-state index in [9.17, 15) is 4.79 Å². The minimum atomic E-state index is -0.529. The third kappa shape index (κ3) is 5.05. The van der Waals surface area contributed by atoms with Crippen molar-refractivity contribution in [2.75, 3.05) is 34.0 Å². The fourth-order valence-electron chi connectivity index (χ4n) is 2.36. The number of para-hydroxylation sites is 1. The van der Waals surface area contributed by atoms with Crippen molar-refractivity contribution in [1.29, 1.82) is 0 Å². The van der Waals surface area contributed by atoms with Crippen molar-refractivity contribution >= 4 is 5.97 Å². The number of nitrogens with zero attached hydrogens (tertiary/aromatic N) is 2. The average Bonchev–Trinajstić information content (AvgIpc) is 3.21. The van der Waals surface area contributed by atoms with Crippen LogP contribution in [0.3, 0.4) is 0 Å². The van der Waals surface area contributed by atoms with Gasteiger partial charge in [-0.05, 0) is 12.1 Å². The summed E-state index contributed by atoms with van der Waals surface area (Å²) in [6, 6.07) is 8.15. The summed E-state index contributed by atoms with van der Waals surface area (Å²) in [6.45, 7) is 1.28. The molecule has 0 N–H and O–H groups in total. The summed E-state index contributed by atoms with van der Waals surface area (Å²) in [6.07, 6.45) is 0.132. The van der Waals surface area contributed by atoms with Crippen LogP contribution in [0.4, 0.5) is 0 Å². The van der Waals surface area contributed by atoms with Crippen molar-refractivity contribution in [1.82, 2.24) is 9.97 Å². The normalized spacial score (nSPS) is 14.0. The zero-order chi connectivity index (χ0) is 19.1. The van der Waals surface area contributed by atoms with Crippen molar-refractivity contribution in [3.63, 3.8) is 0 Å². The molecule has 1 aromatic heterocycles. The number of methoxy groups -OCH3 is 2. The molecular formula is C18H20N2O7. The minimum Gasteiger partial charge on any atom is -0.481 e. The number of carbonyl (C=O) groups excluding carboxylic acids is 1. The SMILES string of the molecule is COc1cc(OC)nc(Oc2ccccc2C(=O)OCCC2OCCO2)n1. The van der Waals surface area contributed by atoms with Crippen LogP contribution in [-0.4, -0.2) is 56.3 Å². The molecule has 0 unspecified atom stereocenters. The molecule has 0 aliphatic carbocycles. The van der Waals surface area contributed by atoms with Gasteiger partial charge in [-0.15, -0.1) is 0 Å². The van der Waals surface area contributed by atoms with E-state index in [2.05, 4.69) is 9.97 Å². The first-order valence-electron chi connectivity index (χ1n) is 8.34. The quantitative estimate of drug-likeness (QED) is 0.642. The Kier molecular flexibility index (Phi) is 6.39. The Morgan fingerprint density at radius 3 is 2.44 bits per heavy atom. The van der Waals surface area contributed by atoms with Crippen molar-refractivity contribution in [3.05, 3.63) is 35.9 Å². The van der Waals surface area contributed by atoms with Crippen LogP contribution in [0.2, 0.25) is 0 Å². The summed E-state index contributed by atoms with van der Waals surface area (Å²) in [7, 11) is 2.93. The molecule has 0 spiro atoms. The van der Waals surface area contributed by atoms with Crippen LogP contribution in [0.25, 0.3) is 0 Å². The fourth-order valence-corrected chi connectivity index (χ4v) is 2.36. The standard InChI is InChI=1S/C18H20N2O7/c1-22-14-11-15(23-2)20-18(19-14)27-13-6-4-3-5-12(13)17(21)26-8-7-16-24-9-10-25-16/h3-6,11,16H,7-10H2,1-2H3. The summed E-state index contributed by atoms with van der Waals surface area (Å²) < 4.78 is 31.7. The lowest BCUT2D eigenvalue weighted by atomic mass is 10.2.